The first-order valence-electron chi connectivity index (χ1n) is 4.15. The topological polar surface area (TPSA) is 0 Å². The van der Waals surface area contributed by atoms with Crippen LogP contribution in [0.4, 0.5) is 0 Å². The zero-order valence-electron chi connectivity index (χ0n) is 8.58. The van der Waals surface area contributed by atoms with Crippen LogP contribution < -0.4 is 0 Å². The molecular formula is C7H21ScSi2. The van der Waals surface area contributed by atoms with Crippen LogP contribution in [0.15, 0.2) is 0 Å². The van der Waals surface area contributed by atoms with Crippen molar-refractivity contribution in [3.63, 3.8) is 0 Å². The normalized spacial score (nSPS) is 13.5. The van der Waals surface area contributed by atoms with Crippen molar-refractivity contribution in [1.82, 2.24) is 0 Å². The predicted molar refractivity (Wildman–Crippen MR) is 52.6 cm³/mol. The zero-order chi connectivity index (χ0) is 8.58. The van der Waals surface area contributed by atoms with Crippen LogP contribution in [0.3, 0.4) is 0 Å². The molecule has 0 aliphatic rings. The summed E-state index contributed by atoms with van der Waals surface area (Å²) in [4.78, 5) is 0. The summed E-state index contributed by atoms with van der Waals surface area (Å²) < 4.78 is 2.64. The van der Waals surface area contributed by atoms with E-state index < -0.39 is 30.3 Å². The van der Waals surface area contributed by atoms with Crippen LogP contribution in [0.1, 0.15) is 0 Å². The van der Waals surface area contributed by atoms with Crippen LogP contribution in [0, 0.1) is 0 Å². The van der Waals surface area contributed by atoms with Gasteiger partial charge in [-0.25, -0.2) is 0 Å². The Bertz CT molecular complexity index is 95.8. The van der Waals surface area contributed by atoms with Gasteiger partial charge in [-0.05, 0) is 0 Å². The van der Waals surface area contributed by atoms with Gasteiger partial charge in [0.05, 0.1) is 0 Å². The summed E-state index contributed by atoms with van der Waals surface area (Å²) >= 11 is -0.771. The second-order valence-corrected chi connectivity index (χ2v) is 42.9. The molecule has 0 atom stereocenters. The van der Waals surface area contributed by atoms with Crippen LogP contribution in [0.5, 0.6) is 0 Å². The molecule has 0 radical (unpaired) electrons. The third-order valence-electron chi connectivity index (χ3n) is 2.60. The Hall–Kier alpha value is 1.30. The fraction of sp³-hybridized carbons (Fsp3) is 1.00. The fourth-order valence-electron chi connectivity index (χ4n) is 1.30. The second-order valence-electron chi connectivity index (χ2n) is 5.45. The molecule has 10 heavy (non-hydrogen) atoms. The maximum atomic E-state index is 2.64. The molecular weight excluding hydrogens is 185 g/mol. The van der Waals surface area contributed by atoms with Gasteiger partial charge in [0.1, 0.15) is 0 Å². The van der Waals surface area contributed by atoms with Crippen molar-refractivity contribution < 1.29 is 19.8 Å². The molecule has 0 aromatic carbocycles. The SMILES string of the molecule is [CH3][Sc]([Si](C)(C)C)[Si](C)(C)C. The molecule has 0 nitrogen and oxygen atoms in total. The molecule has 0 rings (SSSR count). The van der Waals surface area contributed by atoms with E-state index in [0.29, 0.717) is 0 Å². The number of rotatable bonds is 2. The van der Waals surface area contributed by atoms with Crippen LogP contribution in [0.25, 0.3) is 0 Å². The van der Waals surface area contributed by atoms with E-state index in [1.54, 1.807) is 0 Å². The van der Waals surface area contributed by atoms with Gasteiger partial charge in [-0.1, -0.05) is 0 Å². The quantitative estimate of drug-likeness (QED) is 0.608. The average Bonchev–Trinajstić information content (AvgIpc) is 1.59. The Kier molecular flexibility index (Phi) is 3.79. The monoisotopic (exact) mass is 206 g/mol. The van der Waals surface area contributed by atoms with E-state index in [9.17, 15) is 0 Å². The maximum absolute atomic E-state index is 2.64. The second kappa shape index (κ2) is 3.36. The van der Waals surface area contributed by atoms with Gasteiger partial charge in [-0.15, -0.1) is 0 Å². The van der Waals surface area contributed by atoms with Crippen LogP contribution in [-0.4, -0.2) is 10.5 Å². The fourth-order valence-corrected chi connectivity index (χ4v) is 48.2. The van der Waals surface area contributed by atoms with Gasteiger partial charge in [0, 0.05) is 0 Å². The Labute approximate surface area is 73.9 Å². The first-order chi connectivity index (χ1) is 4.15. The molecule has 0 saturated carbocycles. The van der Waals surface area contributed by atoms with Crippen molar-refractivity contribution in [3.05, 3.63) is 0 Å². The summed E-state index contributed by atoms with van der Waals surface area (Å²) in [5, 5.41) is -1.29. The van der Waals surface area contributed by atoms with E-state index in [1.807, 2.05) is 0 Å². The van der Waals surface area contributed by atoms with E-state index >= 15 is 0 Å². The van der Waals surface area contributed by atoms with Gasteiger partial charge in [-0.3, -0.25) is 0 Å². The molecule has 60 valence electrons. The molecule has 0 N–H and O–H groups in total. The molecule has 0 bridgehead atoms. The molecule has 0 aliphatic carbocycles. The Morgan fingerprint density at radius 3 is 0.900 bits per heavy atom. The molecule has 0 heterocycles. The molecule has 0 amide bonds. The Morgan fingerprint density at radius 2 is 0.900 bits per heavy atom. The molecule has 0 saturated heterocycles. The summed E-state index contributed by atoms with van der Waals surface area (Å²) in [5.41, 5.74) is 0. The molecule has 3 heteroatoms. The van der Waals surface area contributed by atoms with E-state index in [1.165, 1.54) is 0 Å². The van der Waals surface area contributed by atoms with Gasteiger partial charge in [0.15, 0.2) is 0 Å². The first kappa shape index (κ1) is 11.3. The molecule has 0 aliphatic heterocycles. The van der Waals surface area contributed by atoms with Gasteiger partial charge in [0.2, 0.25) is 0 Å². The summed E-state index contributed by atoms with van der Waals surface area (Å²) in [6, 6.07) is 0. The van der Waals surface area contributed by atoms with E-state index in [4.69, 9.17) is 0 Å². The predicted octanol–water partition coefficient (Wildman–Crippen LogP) is 3.32. The van der Waals surface area contributed by atoms with Crippen molar-refractivity contribution in [2.24, 2.45) is 0 Å². The van der Waals surface area contributed by atoms with Crippen molar-refractivity contribution in [2.45, 2.75) is 44.0 Å². The van der Waals surface area contributed by atoms with Crippen molar-refractivity contribution in [2.75, 3.05) is 0 Å². The van der Waals surface area contributed by atoms with Crippen molar-refractivity contribution in [1.29, 1.82) is 0 Å². The third kappa shape index (κ3) is 3.62. The zero-order valence-corrected chi connectivity index (χ0v) is 12.4. The minimum absolute atomic E-state index is 0.647. The van der Waals surface area contributed by atoms with Gasteiger partial charge < -0.3 is 0 Å². The Morgan fingerprint density at radius 1 is 0.700 bits per heavy atom. The van der Waals surface area contributed by atoms with Gasteiger partial charge in [-0.2, -0.15) is 0 Å². The summed E-state index contributed by atoms with van der Waals surface area (Å²) in [5.74, 6) is 0. The molecule has 0 fully saturated rings. The number of hydrogen-bond donors (Lipinski definition) is 0. The molecule has 0 spiro atoms. The van der Waals surface area contributed by atoms with Crippen LogP contribution >= 0.6 is 0 Å². The molecule has 0 unspecified atom stereocenters. The summed E-state index contributed by atoms with van der Waals surface area (Å²) in [6.07, 6.45) is 0. The van der Waals surface area contributed by atoms with E-state index in [0.717, 1.165) is 0 Å². The van der Waals surface area contributed by atoms with Gasteiger partial charge >= 0.3 is 74.3 Å². The van der Waals surface area contributed by atoms with Crippen molar-refractivity contribution >= 4 is 10.5 Å². The summed E-state index contributed by atoms with van der Waals surface area (Å²) in [6.45, 7) is 15.4. The van der Waals surface area contributed by atoms with Crippen LogP contribution in [0.2, 0.25) is 44.0 Å². The Balaban J connectivity index is 4.23. The van der Waals surface area contributed by atoms with Gasteiger partial charge in [0.25, 0.3) is 0 Å². The van der Waals surface area contributed by atoms with E-state index in [2.05, 4.69) is 44.0 Å². The first-order valence-corrected chi connectivity index (χ1v) is 18.5. The average molecular weight is 206 g/mol. The third-order valence-corrected chi connectivity index (χ3v) is 53.6. The summed E-state index contributed by atoms with van der Waals surface area (Å²) in [7, 11) is 0. The minimum atomic E-state index is -0.771. The standard InChI is InChI=1S/2C3H9Si.CH3.Sc/c2*1-4(2)3;;/h2*1-3H3;1H3;. The van der Waals surface area contributed by atoms with E-state index in [-0.39, 0.29) is 0 Å². The number of hydrogen-bond acceptors (Lipinski definition) is 0. The van der Waals surface area contributed by atoms with Crippen LogP contribution in [-0.2, 0) is 19.8 Å². The molecule has 0 aromatic rings. The van der Waals surface area contributed by atoms with Crippen molar-refractivity contribution in [3.8, 4) is 0 Å². The molecule has 0 aromatic heterocycles.